The van der Waals surface area contributed by atoms with Crippen LogP contribution in [0.4, 0.5) is 0 Å². The van der Waals surface area contributed by atoms with E-state index in [2.05, 4.69) is 0 Å². The zero-order valence-electron chi connectivity index (χ0n) is 11.2. The second kappa shape index (κ2) is 6.73. The Balaban J connectivity index is 2.04. The molecule has 2 aromatic rings. The fraction of sp³-hybridized carbons (Fsp3) is 0.0769. The van der Waals surface area contributed by atoms with Crippen molar-refractivity contribution in [3.8, 4) is 0 Å². The lowest BCUT2D eigenvalue weighted by Gasteiger charge is -2.10. The third-order valence-electron chi connectivity index (χ3n) is 2.66. The lowest BCUT2D eigenvalue weighted by Crippen LogP contribution is -2.44. The molecule has 0 bridgehead atoms. The molecule has 1 heterocycles. The number of aromatic nitrogens is 1. The SMILES string of the molecule is O=C(Cn1ccccc1=O)NNS(=O)(=O)c1ccccc1Cl. The molecule has 0 fully saturated rings. The highest BCUT2D eigenvalue weighted by molar-refractivity contribution is 7.89. The number of nitrogens with zero attached hydrogens (tertiary/aromatic N) is 1. The maximum Gasteiger partial charge on any atom is 0.258 e. The topological polar surface area (TPSA) is 97.3 Å². The summed E-state index contributed by atoms with van der Waals surface area (Å²) in [5.41, 5.74) is 1.66. The quantitative estimate of drug-likeness (QED) is 0.774. The Kier molecular flexibility index (Phi) is 4.96. The van der Waals surface area contributed by atoms with E-state index in [-0.39, 0.29) is 22.0 Å². The van der Waals surface area contributed by atoms with E-state index in [1.807, 2.05) is 10.3 Å². The highest BCUT2D eigenvalue weighted by Gasteiger charge is 2.18. The standard InChI is InChI=1S/C13H12ClN3O4S/c14-10-5-1-2-6-11(10)22(20,21)16-15-12(18)9-17-8-4-3-7-13(17)19/h1-8,16H,9H2,(H,15,18). The summed E-state index contributed by atoms with van der Waals surface area (Å²) in [4.78, 5) is 24.9. The summed E-state index contributed by atoms with van der Waals surface area (Å²) in [5, 5.41) is 0.0310. The average Bonchev–Trinajstić information content (AvgIpc) is 2.48. The number of sulfonamides is 1. The zero-order valence-corrected chi connectivity index (χ0v) is 12.8. The number of hydrazine groups is 1. The summed E-state index contributed by atoms with van der Waals surface area (Å²) in [6.07, 6.45) is 1.42. The number of carbonyl (C=O) groups excluding carboxylic acids is 1. The Morgan fingerprint density at radius 2 is 1.82 bits per heavy atom. The van der Waals surface area contributed by atoms with E-state index in [0.717, 1.165) is 4.57 Å². The van der Waals surface area contributed by atoms with Gasteiger partial charge in [0.05, 0.1) is 5.02 Å². The molecule has 7 nitrogen and oxygen atoms in total. The van der Waals surface area contributed by atoms with Gasteiger partial charge in [-0.1, -0.05) is 29.8 Å². The third kappa shape index (κ3) is 3.94. The Morgan fingerprint density at radius 3 is 2.50 bits per heavy atom. The van der Waals surface area contributed by atoms with Gasteiger partial charge in [0.2, 0.25) is 0 Å². The molecule has 22 heavy (non-hydrogen) atoms. The van der Waals surface area contributed by atoms with E-state index >= 15 is 0 Å². The van der Waals surface area contributed by atoms with Crippen LogP contribution >= 0.6 is 11.6 Å². The minimum Gasteiger partial charge on any atom is -0.306 e. The highest BCUT2D eigenvalue weighted by atomic mass is 35.5. The molecule has 1 aromatic carbocycles. The molecule has 0 unspecified atom stereocenters. The first-order chi connectivity index (χ1) is 10.4. The van der Waals surface area contributed by atoms with Gasteiger partial charge in [0, 0.05) is 12.3 Å². The molecule has 2 N–H and O–H groups in total. The van der Waals surface area contributed by atoms with Gasteiger partial charge in [0.1, 0.15) is 11.4 Å². The summed E-state index contributed by atoms with van der Waals surface area (Å²) in [6.45, 7) is -0.315. The van der Waals surface area contributed by atoms with Crippen LogP contribution < -0.4 is 15.8 Å². The van der Waals surface area contributed by atoms with Crippen molar-refractivity contribution in [2.45, 2.75) is 11.4 Å². The van der Waals surface area contributed by atoms with Crippen molar-refractivity contribution < 1.29 is 13.2 Å². The first-order valence-electron chi connectivity index (χ1n) is 6.11. The van der Waals surface area contributed by atoms with Gasteiger partial charge >= 0.3 is 0 Å². The number of carbonyl (C=O) groups is 1. The van der Waals surface area contributed by atoms with Gasteiger partial charge in [-0.05, 0) is 18.2 Å². The van der Waals surface area contributed by atoms with Crippen LogP contribution in [0.2, 0.25) is 5.02 Å². The Bertz CT molecular complexity index is 848. The van der Waals surface area contributed by atoms with Crippen LogP contribution in [0.25, 0.3) is 0 Å². The van der Waals surface area contributed by atoms with Gasteiger partial charge in [-0.2, -0.15) is 0 Å². The Morgan fingerprint density at radius 1 is 1.14 bits per heavy atom. The number of nitrogens with one attached hydrogen (secondary N) is 2. The first-order valence-corrected chi connectivity index (χ1v) is 7.97. The van der Waals surface area contributed by atoms with Crippen LogP contribution in [0, 0.1) is 0 Å². The molecule has 0 aliphatic rings. The molecular weight excluding hydrogens is 330 g/mol. The van der Waals surface area contributed by atoms with Crippen molar-refractivity contribution in [1.29, 1.82) is 0 Å². The van der Waals surface area contributed by atoms with E-state index in [1.165, 1.54) is 36.5 Å². The molecule has 2 rings (SSSR count). The van der Waals surface area contributed by atoms with E-state index in [1.54, 1.807) is 12.1 Å². The van der Waals surface area contributed by atoms with Crippen molar-refractivity contribution in [2.24, 2.45) is 0 Å². The predicted molar refractivity (Wildman–Crippen MR) is 80.6 cm³/mol. The number of amides is 1. The summed E-state index contributed by atoms with van der Waals surface area (Å²) in [6, 6.07) is 10.2. The summed E-state index contributed by atoms with van der Waals surface area (Å²) < 4.78 is 25.1. The van der Waals surface area contributed by atoms with Crippen molar-refractivity contribution >= 4 is 27.5 Å². The highest BCUT2D eigenvalue weighted by Crippen LogP contribution is 2.19. The van der Waals surface area contributed by atoms with Gasteiger partial charge in [0.25, 0.3) is 21.5 Å². The number of hydrogen-bond donors (Lipinski definition) is 2. The van der Waals surface area contributed by atoms with Gasteiger partial charge in [0.15, 0.2) is 0 Å². The summed E-state index contributed by atoms with van der Waals surface area (Å²) in [7, 11) is -3.99. The minimum absolute atomic E-state index is 0.0310. The normalized spacial score (nSPS) is 11.1. The molecule has 0 atom stereocenters. The smallest absolute Gasteiger partial charge is 0.258 e. The maximum atomic E-state index is 12.0. The van der Waals surface area contributed by atoms with Crippen molar-refractivity contribution in [1.82, 2.24) is 14.8 Å². The molecule has 9 heteroatoms. The van der Waals surface area contributed by atoms with Crippen molar-refractivity contribution in [3.05, 3.63) is 64.0 Å². The zero-order chi connectivity index (χ0) is 16.2. The van der Waals surface area contributed by atoms with E-state index in [4.69, 9.17) is 11.6 Å². The Hall–Kier alpha value is -2.16. The maximum absolute atomic E-state index is 12.0. The molecule has 0 saturated carbocycles. The lowest BCUT2D eigenvalue weighted by atomic mass is 10.4. The average molecular weight is 342 g/mol. The van der Waals surface area contributed by atoms with E-state index < -0.39 is 15.9 Å². The molecule has 0 radical (unpaired) electrons. The number of hydrogen-bond acceptors (Lipinski definition) is 4. The van der Waals surface area contributed by atoms with Gasteiger partial charge in [-0.15, -0.1) is 4.83 Å². The molecule has 116 valence electrons. The second-order valence-electron chi connectivity index (χ2n) is 4.25. The second-order valence-corrected chi connectivity index (χ2v) is 6.31. The summed E-state index contributed by atoms with van der Waals surface area (Å²) >= 11 is 5.80. The largest absolute Gasteiger partial charge is 0.306 e. The van der Waals surface area contributed by atoms with Crippen molar-refractivity contribution in [3.63, 3.8) is 0 Å². The predicted octanol–water partition coefficient (Wildman–Crippen LogP) is 0.511. The third-order valence-corrected chi connectivity index (χ3v) is 4.41. The van der Waals surface area contributed by atoms with Gasteiger partial charge in [-0.25, -0.2) is 8.42 Å². The number of benzene rings is 1. The lowest BCUT2D eigenvalue weighted by molar-refractivity contribution is -0.122. The van der Waals surface area contributed by atoms with Crippen LogP contribution in [0.5, 0.6) is 0 Å². The molecule has 1 amide bonds. The monoisotopic (exact) mass is 341 g/mol. The van der Waals surface area contributed by atoms with Crippen LogP contribution in [0.3, 0.4) is 0 Å². The molecule has 0 saturated heterocycles. The fourth-order valence-electron chi connectivity index (χ4n) is 1.63. The molecule has 1 aromatic heterocycles. The van der Waals surface area contributed by atoms with E-state index in [0.29, 0.717) is 0 Å². The number of pyridine rings is 1. The number of rotatable bonds is 5. The molecular formula is C13H12ClN3O4S. The molecule has 0 aliphatic carbocycles. The van der Waals surface area contributed by atoms with Crippen molar-refractivity contribution in [2.75, 3.05) is 0 Å². The van der Waals surface area contributed by atoms with E-state index in [9.17, 15) is 18.0 Å². The van der Waals surface area contributed by atoms with Crippen LogP contribution in [0.1, 0.15) is 0 Å². The fourth-order valence-corrected chi connectivity index (χ4v) is 3.01. The summed E-state index contributed by atoms with van der Waals surface area (Å²) in [5.74, 6) is -0.691. The van der Waals surface area contributed by atoms with Gasteiger partial charge < -0.3 is 4.57 Å². The Labute approximate surface area is 131 Å². The first kappa shape index (κ1) is 16.2. The van der Waals surface area contributed by atoms with Gasteiger partial charge in [-0.3, -0.25) is 15.0 Å². The van der Waals surface area contributed by atoms with Crippen LogP contribution in [-0.4, -0.2) is 18.9 Å². The van der Waals surface area contributed by atoms with Crippen LogP contribution in [0.15, 0.2) is 58.4 Å². The van der Waals surface area contributed by atoms with Crippen LogP contribution in [-0.2, 0) is 21.4 Å². The minimum atomic E-state index is -3.99. The molecule has 0 aliphatic heterocycles. The number of halogens is 1. The molecule has 0 spiro atoms.